The molecule has 110 valence electrons. The summed E-state index contributed by atoms with van der Waals surface area (Å²) in [6.07, 6.45) is 2.58. The first-order valence-corrected chi connectivity index (χ1v) is 6.07. The van der Waals surface area contributed by atoms with Gasteiger partial charge < -0.3 is 14.2 Å². The topological polar surface area (TPSA) is 61.8 Å². The van der Waals surface area contributed by atoms with Gasteiger partial charge in [0.15, 0.2) is 6.29 Å². The molecule has 0 amide bonds. The maximum Gasteiger partial charge on any atom is 0.333 e. The summed E-state index contributed by atoms with van der Waals surface area (Å²) in [7, 11) is 1.46. The number of hydrogen-bond acceptors (Lipinski definition) is 5. The average molecular weight is 272 g/mol. The molecular formula is C14H24O5. The molecule has 0 saturated heterocycles. The zero-order chi connectivity index (χ0) is 15.3. The highest BCUT2D eigenvalue weighted by molar-refractivity contribution is 5.86. The summed E-state index contributed by atoms with van der Waals surface area (Å²) in [4.78, 5) is 21.1. The highest BCUT2D eigenvalue weighted by atomic mass is 16.7. The molecular weight excluding hydrogens is 248 g/mol. The molecule has 0 aliphatic heterocycles. The van der Waals surface area contributed by atoms with E-state index in [0.717, 1.165) is 18.9 Å². The van der Waals surface area contributed by atoms with Crippen LogP contribution in [0.2, 0.25) is 0 Å². The smallest absolute Gasteiger partial charge is 0.333 e. The van der Waals surface area contributed by atoms with Crippen molar-refractivity contribution in [2.75, 3.05) is 13.7 Å². The monoisotopic (exact) mass is 272 g/mol. The minimum atomic E-state index is -0.490. The summed E-state index contributed by atoms with van der Waals surface area (Å²) >= 11 is 0. The van der Waals surface area contributed by atoms with E-state index in [1.165, 1.54) is 7.11 Å². The number of unbranched alkanes of at least 4 members (excludes halogenated alkanes) is 1. The van der Waals surface area contributed by atoms with Crippen molar-refractivity contribution < 1.29 is 23.8 Å². The number of carbonyl (C=O) groups is 2. The third-order valence-electron chi connectivity index (χ3n) is 1.86. The Balaban J connectivity index is 0. The Morgan fingerprint density at radius 3 is 2.32 bits per heavy atom. The minimum Gasteiger partial charge on any atom is -0.462 e. The molecule has 0 bridgehead atoms. The van der Waals surface area contributed by atoms with Crippen molar-refractivity contribution in [3.63, 3.8) is 0 Å². The van der Waals surface area contributed by atoms with E-state index in [0.29, 0.717) is 12.2 Å². The summed E-state index contributed by atoms with van der Waals surface area (Å²) < 4.78 is 14.0. The van der Waals surface area contributed by atoms with Crippen molar-refractivity contribution in [2.24, 2.45) is 0 Å². The Hall–Kier alpha value is -1.62. The van der Waals surface area contributed by atoms with Gasteiger partial charge in [-0.1, -0.05) is 26.5 Å². The summed E-state index contributed by atoms with van der Waals surface area (Å²) in [5.41, 5.74) is 0.469. The standard InChI is InChI=1S/C8H14O2.C6H10O3/c1-4-5-6-10-8(9)7(2)3;1-4-6(7)9-5(2)8-3/h2,4-6H2,1,3H3;4-5H,1H2,2-3H3. The van der Waals surface area contributed by atoms with Crippen molar-refractivity contribution in [1.82, 2.24) is 0 Å². The fourth-order valence-electron chi connectivity index (χ4n) is 0.692. The lowest BCUT2D eigenvalue weighted by Crippen LogP contribution is -2.14. The molecule has 0 aliphatic rings. The Morgan fingerprint density at radius 1 is 1.37 bits per heavy atom. The van der Waals surface area contributed by atoms with Crippen molar-refractivity contribution in [1.29, 1.82) is 0 Å². The van der Waals surface area contributed by atoms with Crippen LogP contribution in [0.15, 0.2) is 24.8 Å². The molecule has 1 atom stereocenters. The molecule has 0 aromatic rings. The third-order valence-corrected chi connectivity index (χ3v) is 1.86. The van der Waals surface area contributed by atoms with Gasteiger partial charge in [0.25, 0.3) is 0 Å². The molecule has 0 spiro atoms. The first-order valence-electron chi connectivity index (χ1n) is 6.07. The molecule has 0 aromatic heterocycles. The molecule has 0 N–H and O–H groups in total. The second-order valence-electron chi connectivity index (χ2n) is 3.71. The van der Waals surface area contributed by atoms with Gasteiger partial charge in [-0.2, -0.15) is 0 Å². The molecule has 0 aliphatic carbocycles. The number of carbonyl (C=O) groups excluding carboxylic acids is 2. The average Bonchev–Trinajstić information content (AvgIpc) is 2.39. The number of methoxy groups -OCH3 is 1. The quantitative estimate of drug-likeness (QED) is 0.308. The Labute approximate surface area is 115 Å². The summed E-state index contributed by atoms with van der Waals surface area (Å²) in [5, 5.41) is 0. The van der Waals surface area contributed by atoms with Crippen LogP contribution in [0.1, 0.15) is 33.6 Å². The van der Waals surface area contributed by atoms with Gasteiger partial charge in [0.05, 0.1) is 6.61 Å². The van der Waals surface area contributed by atoms with Gasteiger partial charge in [-0.25, -0.2) is 9.59 Å². The third kappa shape index (κ3) is 14.3. The summed E-state index contributed by atoms with van der Waals surface area (Å²) in [5.74, 6) is -0.752. The molecule has 0 radical (unpaired) electrons. The lowest BCUT2D eigenvalue weighted by Gasteiger charge is -2.07. The second-order valence-corrected chi connectivity index (χ2v) is 3.71. The van der Waals surface area contributed by atoms with Crippen molar-refractivity contribution in [2.45, 2.75) is 39.9 Å². The fraction of sp³-hybridized carbons (Fsp3) is 0.571. The molecule has 5 nitrogen and oxygen atoms in total. The molecule has 5 heteroatoms. The molecule has 0 rings (SSSR count). The van der Waals surface area contributed by atoms with E-state index in [9.17, 15) is 9.59 Å². The van der Waals surface area contributed by atoms with Crippen molar-refractivity contribution >= 4 is 11.9 Å². The van der Waals surface area contributed by atoms with E-state index >= 15 is 0 Å². The van der Waals surface area contributed by atoms with E-state index in [4.69, 9.17) is 4.74 Å². The Kier molecular flexibility index (Phi) is 13.3. The van der Waals surface area contributed by atoms with E-state index in [-0.39, 0.29) is 5.97 Å². The first-order chi connectivity index (χ1) is 8.88. The van der Waals surface area contributed by atoms with Gasteiger partial charge in [-0.3, -0.25) is 0 Å². The highest BCUT2D eigenvalue weighted by Crippen LogP contribution is 1.94. The minimum absolute atomic E-state index is 0.284. The lowest BCUT2D eigenvalue weighted by molar-refractivity contribution is -0.163. The van der Waals surface area contributed by atoms with Gasteiger partial charge in [0.2, 0.25) is 0 Å². The van der Waals surface area contributed by atoms with Gasteiger partial charge >= 0.3 is 11.9 Å². The molecule has 0 heterocycles. The number of esters is 2. The molecule has 0 saturated carbocycles. The fourth-order valence-corrected chi connectivity index (χ4v) is 0.692. The van der Waals surface area contributed by atoms with Crippen LogP contribution in [-0.4, -0.2) is 31.9 Å². The van der Waals surface area contributed by atoms with Crippen LogP contribution in [0, 0.1) is 0 Å². The predicted molar refractivity (Wildman–Crippen MR) is 73.4 cm³/mol. The summed E-state index contributed by atoms with van der Waals surface area (Å²) in [6, 6.07) is 0. The van der Waals surface area contributed by atoms with Crippen LogP contribution >= 0.6 is 0 Å². The zero-order valence-electron chi connectivity index (χ0n) is 12.2. The van der Waals surface area contributed by atoms with Crippen molar-refractivity contribution in [3.8, 4) is 0 Å². The predicted octanol–water partition coefficient (Wildman–Crippen LogP) is 2.61. The van der Waals surface area contributed by atoms with E-state index < -0.39 is 12.3 Å². The van der Waals surface area contributed by atoms with Gasteiger partial charge in [-0.05, 0) is 20.3 Å². The first kappa shape index (κ1) is 19.7. The maximum atomic E-state index is 10.7. The highest BCUT2D eigenvalue weighted by Gasteiger charge is 2.01. The van der Waals surface area contributed by atoms with Crippen LogP contribution in [-0.2, 0) is 23.8 Å². The molecule has 1 unspecified atom stereocenters. The maximum absolute atomic E-state index is 10.7. The number of ether oxygens (including phenoxy) is 3. The van der Waals surface area contributed by atoms with Crippen molar-refractivity contribution in [3.05, 3.63) is 24.8 Å². The van der Waals surface area contributed by atoms with Gasteiger partial charge in [0, 0.05) is 18.8 Å². The van der Waals surface area contributed by atoms with E-state index in [1.807, 2.05) is 0 Å². The summed E-state index contributed by atoms with van der Waals surface area (Å²) in [6.45, 7) is 12.5. The van der Waals surface area contributed by atoms with E-state index in [2.05, 4.69) is 29.6 Å². The second kappa shape index (κ2) is 12.8. The molecule has 19 heavy (non-hydrogen) atoms. The number of hydrogen-bond donors (Lipinski definition) is 0. The Bertz CT molecular complexity index is 296. The van der Waals surface area contributed by atoms with Crippen LogP contribution in [0.5, 0.6) is 0 Å². The van der Waals surface area contributed by atoms with Gasteiger partial charge in [-0.15, -0.1) is 0 Å². The van der Waals surface area contributed by atoms with E-state index in [1.54, 1.807) is 13.8 Å². The van der Waals surface area contributed by atoms with Crippen LogP contribution in [0.25, 0.3) is 0 Å². The van der Waals surface area contributed by atoms with Gasteiger partial charge in [0.1, 0.15) is 0 Å². The van der Waals surface area contributed by atoms with Crippen LogP contribution in [0.3, 0.4) is 0 Å². The normalized spacial score (nSPS) is 10.5. The molecule has 0 fully saturated rings. The largest absolute Gasteiger partial charge is 0.462 e. The molecule has 0 aromatic carbocycles. The Morgan fingerprint density at radius 2 is 1.95 bits per heavy atom. The van der Waals surface area contributed by atoms with Crippen LogP contribution in [0.4, 0.5) is 0 Å². The zero-order valence-corrected chi connectivity index (χ0v) is 12.2. The lowest BCUT2D eigenvalue weighted by atomic mass is 10.3. The SMILES string of the molecule is C=C(C)C(=O)OCCCC.C=CC(=O)OC(C)OC. The number of rotatable bonds is 7. The van der Waals surface area contributed by atoms with Crippen LogP contribution < -0.4 is 0 Å².